The van der Waals surface area contributed by atoms with Crippen LogP contribution < -0.4 is 11.1 Å². The zero-order valence-corrected chi connectivity index (χ0v) is 8.01. The average molecular weight is 234 g/mol. The molecule has 0 aliphatic carbocycles. The Morgan fingerprint density at radius 2 is 2.06 bits per heavy atom. The Morgan fingerprint density at radius 3 is 2.50 bits per heavy atom. The molecule has 88 valence electrons. The molecule has 0 radical (unpaired) electrons. The summed E-state index contributed by atoms with van der Waals surface area (Å²) in [4.78, 5) is 10.6. The van der Waals surface area contributed by atoms with Crippen LogP contribution in [-0.2, 0) is 0 Å². The highest BCUT2D eigenvalue weighted by Gasteiger charge is 2.26. The fourth-order valence-corrected chi connectivity index (χ4v) is 1.07. The third-order valence-electron chi connectivity index (χ3n) is 1.77. The summed E-state index contributed by atoms with van der Waals surface area (Å²) in [5.41, 5.74) is 5.26. The lowest BCUT2D eigenvalue weighted by atomic mass is 10.1. The van der Waals surface area contributed by atoms with Crippen molar-refractivity contribution in [1.82, 2.24) is 0 Å². The molecule has 0 aliphatic heterocycles. The van der Waals surface area contributed by atoms with Crippen molar-refractivity contribution in [3.8, 4) is 0 Å². The first-order valence-electron chi connectivity index (χ1n) is 4.23. The van der Waals surface area contributed by atoms with Crippen LogP contribution in [-0.4, -0.2) is 23.8 Å². The number of nitrogens with two attached hydrogens (primary N) is 1. The third-order valence-corrected chi connectivity index (χ3v) is 1.77. The van der Waals surface area contributed by atoms with Gasteiger partial charge in [-0.25, -0.2) is 4.79 Å². The predicted octanol–water partition coefficient (Wildman–Crippen LogP) is 1.94. The van der Waals surface area contributed by atoms with Gasteiger partial charge in [-0.15, -0.1) is 0 Å². The summed E-state index contributed by atoms with van der Waals surface area (Å²) in [5, 5.41) is 10.7. The molecular weight excluding hydrogens is 225 g/mol. The van der Waals surface area contributed by atoms with Crippen LogP contribution in [0.1, 0.15) is 10.4 Å². The lowest BCUT2D eigenvalue weighted by molar-refractivity contribution is -0.115. The highest BCUT2D eigenvalue weighted by Crippen LogP contribution is 2.20. The molecule has 0 fully saturated rings. The van der Waals surface area contributed by atoms with Gasteiger partial charge in [0, 0.05) is 11.4 Å². The Labute approximate surface area is 88.9 Å². The first kappa shape index (κ1) is 12.2. The summed E-state index contributed by atoms with van der Waals surface area (Å²) in [7, 11) is 0. The van der Waals surface area contributed by atoms with Crippen LogP contribution in [0.3, 0.4) is 0 Å². The minimum absolute atomic E-state index is 0.0836. The van der Waals surface area contributed by atoms with E-state index in [1.807, 2.05) is 0 Å². The van der Waals surface area contributed by atoms with Crippen molar-refractivity contribution >= 4 is 17.3 Å². The SMILES string of the molecule is Nc1cc(NCC(F)(F)F)ccc1C(=O)O. The zero-order valence-electron chi connectivity index (χ0n) is 8.01. The summed E-state index contributed by atoms with van der Waals surface area (Å²) in [6.07, 6.45) is -4.33. The van der Waals surface area contributed by atoms with Crippen LogP contribution in [0.25, 0.3) is 0 Å². The summed E-state index contributed by atoms with van der Waals surface area (Å²) < 4.78 is 35.6. The van der Waals surface area contributed by atoms with Gasteiger partial charge < -0.3 is 16.2 Å². The smallest absolute Gasteiger partial charge is 0.405 e. The van der Waals surface area contributed by atoms with Gasteiger partial charge in [0.15, 0.2) is 0 Å². The molecule has 0 heterocycles. The van der Waals surface area contributed by atoms with Crippen LogP contribution in [0.5, 0.6) is 0 Å². The number of rotatable bonds is 3. The van der Waals surface area contributed by atoms with E-state index in [2.05, 4.69) is 5.32 Å². The van der Waals surface area contributed by atoms with E-state index in [9.17, 15) is 18.0 Å². The number of hydrogen-bond acceptors (Lipinski definition) is 3. The number of nitrogens with one attached hydrogen (secondary N) is 1. The molecule has 1 aromatic carbocycles. The van der Waals surface area contributed by atoms with Crippen molar-refractivity contribution in [3.05, 3.63) is 23.8 Å². The molecule has 0 saturated carbocycles. The van der Waals surface area contributed by atoms with Crippen LogP contribution in [0.15, 0.2) is 18.2 Å². The number of carboxylic acid groups (broad SMARTS) is 1. The molecule has 0 amide bonds. The quantitative estimate of drug-likeness (QED) is 0.698. The summed E-state index contributed by atoms with van der Waals surface area (Å²) in [5.74, 6) is -1.22. The summed E-state index contributed by atoms with van der Waals surface area (Å²) in [6, 6.07) is 3.52. The monoisotopic (exact) mass is 234 g/mol. The standard InChI is InChI=1S/C9H9F3N2O2/c10-9(11,12)4-14-5-1-2-6(8(15)16)7(13)3-5/h1-3,14H,4,13H2,(H,15,16). The number of nitrogen functional groups attached to an aromatic ring is 1. The van der Waals surface area contributed by atoms with Crippen molar-refractivity contribution in [2.75, 3.05) is 17.6 Å². The lowest BCUT2D eigenvalue weighted by Gasteiger charge is -2.10. The molecule has 0 aromatic heterocycles. The number of hydrogen-bond donors (Lipinski definition) is 3. The van der Waals surface area contributed by atoms with Gasteiger partial charge in [-0.2, -0.15) is 13.2 Å². The van der Waals surface area contributed by atoms with Gasteiger partial charge in [-0.05, 0) is 18.2 Å². The van der Waals surface area contributed by atoms with Crippen molar-refractivity contribution in [2.45, 2.75) is 6.18 Å². The normalized spacial score (nSPS) is 11.2. The topological polar surface area (TPSA) is 75.3 Å². The van der Waals surface area contributed by atoms with Crippen molar-refractivity contribution in [3.63, 3.8) is 0 Å². The second-order valence-electron chi connectivity index (χ2n) is 3.08. The van der Waals surface area contributed by atoms with Crippen molar-refractivity contribution in [1.29, 1.82) is 0 Å². The molecule has 0 bridgehead atoms. The highest BCUT2D eigenvalue weighted by atomic mass is 19.4. The number of aromatic carboxylic acids is 1. The first-order chi connectivity index (χ1) is 7.29. The molecule has 1 rings (SSSR count). The summed E-state index contributed by atoms with van der Waals surface area (Å²) >= 11 is 0. The Balaban J connectivity index is 2.78. The number of alkyl halides is 3. The maximum absolute atomic E-state index is 11.9. The molecule has 0 saturated heterocycles. The van der Waals surface area contributed by atoms with E-state index in [1.165, 1.54) is 6.07 Å². The number of benzene rings is 1. The highest BCUT2D eigenvalue weighted by molar-refractivity contribution is 5.94. The third kappa shape index (κ3) is 3.34. The predicted molar refractivity (Wildman–Crippen MR) is 52.4 cm³/mol. The molecule has 0 spiro atoms. The second kappa shape index (κ2) is 4.30. The number of carboxylic acids is 1. The van der Waals surface area contributed by atoms with Gasteiger partial charge in [0.2, 0.25) is 0 Å². The van der Waals surface area contributed by atoms with E-state index >= 15 is 0 Å². The first-order valence-corrected chi connectivity index (χ1v) is 4.23. The average Bonchev–Trinajstić information content (AvgIpc) is 2.13. The minimum atomic E-state index is -4.33. The number of halogens is 3. The Bertz CT molecular complexity index is 404. The van der Waals surface area contributed by atoms with E-state index in [0.29, 0.717) is 0 Å². The molecule has 1 aromatic rings. The van der Waals surface area contributed by atoms with Gasteiger partial charge in [-0.1, -0.05) is 0 Å². The van der Waals surface area contributed by atoms with E-state index in [-0.39, 0.29) is 16.9 Å². The Kier molecular flexibility index (Phi) is 3.26. The van der Waals surface area contributed by atoms with Crippen LogP contribution >= 0.6 is 0 Å². The van der Waals surface area contributed by atoms with Gasteiger partial charge in [0.1, 0.15) is 6.54 Å². The molecule has 4 nitrogen and oxygen atoms in total. The Morgan fingerprint density at radius 1 is 1.44 bits per heavy atom. The van der Waals surface area contributed by atoms with Crippen LogP contribution in [0, 0.1) is 0 Å². The van der Waals surface area contributed by atoms with Gasteiger partial charge in [0.05, 0.1) is 5.56 Å². The van der Waals surface area contributed by atoms with Gasteiger partial charge in [0.25, 0.3) is 0 Å². The molecule has 16 heavy (non-hydrogen) atoms. The van der Waals surface area contributed by atoms with E-state index in [1.54, 1.807) is 0 Å². The van der Waals surface area contributed by atoms with Gasteiger partial charge >= 0.3 is 12.1 Å². The fourth-order valence-electron chi connectivity index (χ4n) is 1.07. The molecule has 4 N–H and O–H groups in total. The number of anilines is 2. The zero-order chi connectivity index (χ0) is 12.3. The van der Waals surface area contributed by atoms with Gasteiger partial charge in [-0.3, -0.25) is 0 Å². The van der Waals surface area contributed by atoms with E-state index < -0.39 is 18.7 Å². The molecular formula is C9H9F3N2O2. The Hall–Kier alpha value is -1.92. The fraction of sp³-hybridized carbons (Fsp3) is 0.222. The lowest BCUT2D eigenvalue weighted by Crippen LogP contribution is -2.21. The molecule has 0 unspecified atom stereocenters. The largest absolute Gasteiger partial charge is 0.478 e. The molecule has 7 heteroatoms. The second-order valence-corrected chi connectivity index (χ2v) is 3.08. The molecule has 0 aliphatic rings. The van der Waals surface area contributed by atoms with E-state index in [0.717, 1.165) is 12.1 Å². The van der Waals surface area contributed by atoms with Crippen molar-refractivity contribution in [2.24, 2.45) is 0 Å². The molecule has 0 atom stereocenters. The summed E-state index contributed by atoms with van der Waals surface area (Å²) in [6.45, 7) is -1.20. The van der Waals surface area contributed by atoms with Crippen LogP contribution in [0.2, 0.25) is 0 Å². The van der Waals surface area contributed by atoms with E-state index in [4.69, 9.17) is 10.8 Å². The maximum atomic E-state index is 11.9. The maximum Gasteiger partial charge on any atom is 0.405 e. The van der Waals surface area contributed by atoms with Crippen LogP contribution in [0.4, 0.5) is 24.5 Å². The minimum Gasteiger partial charge on any atom is -0.478 e. The number of carbonyl (C=O) groups is 1. The van der Waals surface area contributed by atoms with Crippen molar-refractivity contribution < 1.29 is 23.1 Å².